The number of benzene rings is 1. The van der Waals surface area contributed by atoms with Crippen molar-refractivity contribution in [3.8, 4) is 11.3 Å². The second-order valence-electron chi connectivity index (χ2n) is 8.07. The number of rotatable bonds is 5. The number of hydrogen-bond donors (Lipinski definition) is 0. The number of fused-ring (bicyclic) bond motifs is 1. The highest BCUT2D eigenvalue weighted by Crippen LogP contribution is 2.49. The predicted octanol–water partition coefficient (Wildman–Crippen LogP) is 3.65. The van der Waals surface area contributed by atoms with Gasteiger partial charge in [-0.2, -0.15) is 10.1 Å². The van der Waals surface area contributed by atoms with Gasteiger partial charge in [0.15, 0.2) is 0 Å². The third kappa shape index (κ3) is 3.30. The smallest absolute Gasteiger partial charge is 0.338 e. The summed E-state index contributed by atoms with van der Waals surface area (Å²) in [6, 6.07) is 10.4. The lowest BCUT2D eigenvalue weighted by molar-refractivity contribution is -0.140. The van der Waals surface area contributed by atoms with Crippen LogP contribution in [0.25, 0.3) is 11.3 Å². The van der Waals surface area contributed by atoms with Gasteiger partial charge in [0.1, 0.15) is 11.5 Å². The Morgan fingerprint density at radius 1 is 1.06 bits per heavy atom. The van der Waals surface area contributed by atoms with Gasteiger partial charge in [-0.3, -0.25) is 9.59 Å². The number of hydrazone groups is 1. The van der Waals surface area contributed by atoms with Crippen LogP contribution in [0.2, 0.25) is 0 Å². The number of imide groups is 1. The average Bonchev–Trinajstić information content (AvgIpc) is 3.38. The molecule has 1 saturated heterocycles. The van der Waals surface area contributed by atoms with Crippen molar-refractivity contribution in [2.45, 2.75) is 19.8 Å². The summed E-state index contributed by atoms with van der Waals surface area (Å²) >= 11 is 0. The van der Waals surface area contributed by atoms with E-state index in [1.807, 2.05) is 0 Å². The summed E-state index contributed by atoms with van der Waals surface area (Å²) in [4.78, 5) is 37.4. The van der Waals surface area contributed by atoms with Crippen molar-refractivity contribution in [1.82, 2.24) is 5.01 Å². The van der Waals surface area contributed by atoms with Gasteiger partial charge >= 0.3 is 5.97 Å². The minimum atomic E-state index is -0.370. The van der Waals surface area contributed by atoms with Gasteiger partial charge in [-0.05, 0) is 55.9 Å². The number of ether oxygens (including phenoxy) is 1. The molecule has 7 nitrogen and oxygen atoms in total. The fourth-order valence-corrected chi connectivity index (χ4v) is 4.85. The molecule has 2 amide bonds. The number of furan rings is 1. The zero-order chi connectivity index (χ0) is 21.5. The zero-order valence-corrected chi connectivity index (χ0v) is 17.1. The Balaban J connectivity index is 1.30. The molecule has 158 valence electrons. The van der Waals surface area contributed by atoms with E-state index in [0.29, 0.717) is 23.7 Å². The minimum Gasteiger partial charge on any atom is -0.462 e. The molecule has 0 N–H and O–H groups in total. The van der Waals surface area contributed by atoms with E-state index in [4.69, 9.17) is 9.15 Å². The molecule has 1 saturated carbocycles. The van der Waals surface area contributed by atoms with Crippen LogP contribution in [0.4, 0.5) is 0 Å². The maximum atomic E-state index is 12.8. The van der Waals surface area contributed by atoms with Crippen LogP contribution in [-0.2, 0) is 14.3 Å². The van der Waals surface area contributed by atoms with Crippen LogP contribution in [-0.4, -0.2) is 35.6 Å². The summed E-state index contributed by atoms with van der Waals surface area (Å²) in [6.45, 7) is 2.08. The maximum absolute atomic E-state index is 12.8. The number of amides is 2. The van der Waals surface area contributed by atoms with Crippen LogP contribution >= 0.6 is 0 Å². The van der Waals surface area contributed by atoms with Crippen molar-refractivity contribution < 1.29 is 23.5 Å². The van der Waals surface area contributed by atoms with E-state index in [9.17, 15) is 14.4 Å². The molecule has 6 rings (SSSR count). The number of hydrogen-bond acceptors (Lipinski definition) is 6. The summed E-state index contributed by atoms with van der Waals surface area (Å²) in [5, 5.41) is 5.19. The molecule has 2 aromatic rings. The van der Waals surface area contributed by atoms with Crippen molar-refractivity contribution in [2.75, 3.05) is 6.61 Å². The van der Waals surface area contributed by atoms with E-state index in [0.717, 1.165) is 23.4 Å². The van der Waals surface area contributed by atoms with E-state index >= 15 is 0 Å². The monoisotopic (exact) mass is 418 g/mol. The Hall–Kier alpha value is -3.48. The van der Waals surface area contributed by atoms with Crippen molar-refractivity contribution in [3.63, 3.8) is 0 Å². The first-order valence-corrected chi connectivity index (χ1v) is 10.5. The molecule has 3 aliphatic carbocycles. The molecule has 0 radical (unpaired) electrons. The van der Waals surface area contributed by atoms with Gasteiger partial charge in [0.25, 0.3) is 11.8 Å². The fourth-order valence-electron chi connectivity index (χ4n) is 4.85. The number of carbonyl (C=O) groups excluding carboxylic acids is 3. The Morgan fingerprint density at radius 3 is 2.29 bits per heavy atom. The molecule has 2 heterocycles. The summed E-state index contributed by atoms with van der Waals surface area (Å²) < 4.78 is 10.8. The molecule has 1 aliphatic heterocycles. The molecule has 2 bridgehead atoms. The van der Waals surface area contributed by atoms with Gasteiger partial charge in [0, 0.05) is 5.56 Å². The first-order valence-electron chi connectivity index (χ1n) is 10.5. The van der Waals surface area contributed by atoms with Gasteiger partial charge in [0.2, 0.25) is 0 Å². The highest BCUT2D eigenvalue weighted by molar-refractivity contribution is 6.06. The van der Waals surface area contributed by atoms with Crippen molar-refractivity contribution in [2.24, 2.45) is 28.8 Å². The van der Waals surface area contributed by atoms with Crippen LogP contribution in [0, 0.1) is 23.7 Å². The molecule has 31 heavy (non-hydrogen) atoms. The largest absolute Gasteiger partial charge is 0.462 e. The molecule has 4 aliphatic rings. The Bertz CT molecular complexity index is 1070. The number of esters is 1. The maximum Gasteiger partial charge on any atom is 0.338 e. The molecule has 0 unspecified atom stereocenters. The van der Waals surface area contributed by atoms with Crippen LogP contribution in [0.3, 0.4) is 0 Å². The standard InChI is InChI=1S/C24H22N2O5/c1-2-30-24(29)17-9-3-14(4-10-17)19-12-11-18(31-19)13-25-26-22(27)20-15-5-6-16(8-7-15)21(20)23(26)28/h3-6,9-13,15-16,20-21H,2,7-8H2,1H3/b25-13-/t15-,16-,20+,21+/m1/s1. The highest BCUT2D eigenvalue weighted by Gasteiger charge is 2.56. The summed E-state index contributed by atoms with van der Waals surface area (Å²) in [5.41, 5.74) is 1.25. The second kappa shape index (κ2) is 7.65. The Morgan fingerprint density at radius 2 is 1.71 bits per heavy atom. The normalized spacial score (nSPS) is 26.7. The first kappa shape index (κ1) is 19.5. The number of carbonyl (C=O) groups is 3. The van der Waals surface area contributed by atoms with E-state index in [1.165, 1.54) is 6.21 Å². The SMILES string of the molecule is CCOC(=O)c1ccc(-c2ccc(/C=N\N3C(=O)[C@@H]4[C@@H](C3=O)[C@@H]3C=C[C@@H]4CC3)o2)cc1. The molecule has 1 aromatic heterocycles. The predicted molar refractivity (Wildman–Crippen MR) is 112 cm³/mol. The first-order chi connectivity index (χ1) is 15.1. The van der Waals surface area contributed by atoms with Crippen LogP contribution in [0.1, 0.15) is 35.9 Å². The lowest BCUT2D eigenvalue weighted by Crippen LogP contribution is -2.38. The van der Waals surface area contributed by atoms with Crippen LogP contribution in [0.15, 0.2) is 58.1 Å². The molecule has 4 atom stereocenters. The quantitative estimate of drug-likeness (QED) is 0.320. The molecule has 7 heteroatoms. The van der Waals surface area contributed by atoms with E-state index in [-0.39, 0.29) is 41.5 Å². The lowest BCUT2D eigenvalue weighted by Gasteiger charge is -2.37. The van der Waals surface area contributed by atoms with E-state index in [2.05, 4.69) is 17.3 Å². The highest BCUT2D eigenvalue weighted by atomic mass is 16.5. The summed E-state index contributed by atoms with van der Waals surface area (Å²) in [5.74, 6) is -0.0625. The van der Waals surface area contributed by atoms with Gasteiger partial charge in [-0.25, -0.2) is 4.79 Å². The third-order valence-electron chi connectivity index (χ3n) is 6.34. The second-order valence-corrected chi connectivity index (χ2v) is 8.07. The average molecular weight is 418 g/mol. The van der Waals surface area contributed by atoms with Crippen molar-refractivity contribution >= 4 is 24.0 Å². The summed E-state index contributed by atoms with van der Waals surface area (Å²) in [7, 11) is 0. The van der Waals surface area contributed by atoms with Crippen LogP contribution in [0.5, 0.6) is 0 Å². The summed E-state index contributed by atoms with van der Waals surface area (Å²) in [6.07, 6.45) is 7.48. The van der Waals surface area contributed by atoms with Gasteiger partial charge in [-0.1, -0.05) is 24.3 Å². The van der Waals surface area contributed by atoms with Crippen molar-refractivity contribution in [3.05, 3.63) is 59.9 Å². The topological polar surface area (TPSA) is 89.2 Å². The fraction of sp³-hybridized carbons (Fsp3) is 0.333. The minimum absolute atomic E-state index is 0.138. The number of allylic oxidation sites excluding steroid dienone is 2. The van der Waals surface area contributed by atoms with Crippen molar-refractivity contribution in [1.29, 1.82) is 0 Å². The molecule has 2 fully saturated rings. The van der Waals surface area contributed by atoms with E-state index in [1.54, 1.807) is 43.3 Å². The number of nitrogens with zero attached hydrogens (tertiary/aromatic N) is 2. The molecular formula is C24H22N2O5. The van der Waals surface area contributed by atoms with Crippen LogP contribution < -0.4 is 0 Å². The van der Waals surface area contributed by atoms with Gasteiger partial charge in [0.05, 0.1) is 30.2 Å². The Kier molecular flexibility index (Phi) is 4.81. The Labute approximate surface area is 179 Å². The molecule has 0 spiro atoms. The zero-order valence-electron chi connectivity index (χ0n) is 17.1. The molecule has 1 aromatic carbocycles. The van der Waals surface area contributed by atoms with E-state index < -0.39 is 0 Å². The molecular weight excluding hydrogens is 396 g/mol. The lowest BCUT2D eigenvalue weighted by atomic mass is 9.63. The van der Waals surface area contributed by atoms with Gasteiger partial charge in [-0.15, -0.1) is 0 Å². The van der Waals surface area contributed by atoms with Gasteiger partial charge < -0.3 is 9.15 Å². The third-order valence-corrected chi connectivity index (χ3v) is 6.34.